The van der Waals surface area contributed by atoms with E-state index < -0.39 is 12.0 Å². The van der Waals surface area contributed by atoms with Gasteiger partial charge in [0.2, 0.25) is 11.9 Å². The first-order chi connectivity index (χ1) is 12.9. The summed E-state index contributed by atoms with van der Waals surface area (Å²) in [5.41, 5.74) is 12.4. The Morgan fingerprint density at radius 1 is 1.22 bits per heavy atom. The van der Waals surface area contributed by atoms with Gasteiger partial charge in [-0.1, -0.05) is 17.7 Å². The molecule has 0 spiro atoms. The van der Waals surface area contributed by atoms with Crippen molar-refractivity contribution < 1.29 is 14.3 Å². The van der Waals surface area contributed by atoms with E-state index in [-0.39, 0.29) is 30.2 Å². The highest BCUT2D eigenvalue weighted by Gasteiger charge is 2.23. The topological polar surface area (TPSA) is 146 Å². The number of hydrogen-bond acceptors (Lipinski definition) is 9. The summed E-state index contributed by atoms with van der Waals surface area (Å²) in [4.78, 5) is 36.2. The number of nitrogens with one attached hydrogen (secondary N) is 1. The molecule has 1 heterocycles. The molecule has 0 bridgehead atoms. The lowest BCUT2D eigenvalue weighted by Gasteiger charge is -2.17. The molecule has 0 aliphatic carbocycles. The third kappa shape index (κ3) is 6.41. The first-order valence-electron chi connectivity index (χ1n) is 8.18. The summed E-state index contributed by atoms with van der Waals surface area (Å²) in [5.74, 6) is -0.208. The highest BCUT2D eigenvalue weighted by molar-refractivity contribution is 7.98. The predicted molar refractivity (Wildman–Crippen MR) is 104 cm³/mol. The van der Waals surface area contributed by atoms with Gasteiger partial charge in [0.25, 0.3) is 5.91 Å². The van der Waals surface area contributed by atoms with Crippen molar-refractivity contribution in [3.05, 3.63) is 41.2 Å². The molecule has 27 heavy (non-hydrogen) atoms. The molecule has 0 aliphatic heterocycles. The molecule has 144 valence electrons. The van der Waals surface area contributed by atoms with E-state index in [0.717, 1.165) is 5.56 Å². The monoisotopic (exact) mass is 390 g/mol. The summed E-state index contributed by atoms with van der Waals surface area (Å²) >= 11 is 1.57. The average molecular weight is 390 g/mol. The number of aromatic nitrogens is 3. The molecule has 0 saturated carbocycles. The number of esters is 1. The number of hydrogen-bond donors (Lipinski definition) is 3. The molecule has 0 radical (unpaired) electrons. The van der Waals surface area contributed by atoms with E-state index in [2.05, 4.69) is 20.3 Å². The van der Waals surface area contributed by atoms with E-state index in [1.165, 1.54) is 0 Å². The maximum absolute atomic E-state index is 12.4. The largest absolute Gasteiger partial charge is 0.456 e. The summed E-state index contributed by atoms with van der Waals surface area (Å²) in [5, 5.41) is 2.72. The molecule has 1 amide bonds. The van der Waals surface area contributed by atoms with Crippen LogP contribution < -0.4 is 16.8 Å². The number of rotatable bonds is 8. The van der Waals surface area contributed by atoms with Crippen LogP contribution in [0.2, 0.25) is 0 Å². The van der Waals surface area contributed by atoms with Crippen LogP contribution in [0.25, 0.3) is 0 Å². The van der Waals surface area contributed by atoms with Crippen LogP contribution in [0.3, 0.4) is 0 Å². The van der Waals surface area contributed by atoms with Crippen molar-refractivity contribution in [3.63, 3.8) is 0 Å². The summed E-state index contributed by atoms with van der Waals surface area (Å²) < 4.78 is 5.23. The SMILES string of the molecule is CSCC[C@H](NC(=O)c1cccc(C)c1)C(=O)OCc1nc(N)nc(N)n1. The molecule has 0 fully saturated rings. The van der Waals surface area contributed by atoms with Gasteiger partial charge in [-0.15, -0.1) is 0 Å². The number of amides is 1. The van der Waals surface area contributed by atoms with Crippen LogP contribution in [-0.2, 0) is 16.1 Å². The molecular weight excluding hydrogens is 368 g/mol. The maximum atomic E-state index is 12.4. The normalized spacial score (nSPS) is 11.6. The summed E-state index contributed by atoms with van der Waals surface area (Å²) in [7, 11) is 0. The van der Waals surface area contributed by atoms with E-state index in [1.54, 1.807) is 30.0 Å². The number of nitrogens with two attached hydrogens (primary N) is 2. The number of anilines is 2. The number of carbonyl (C=O) groups excluding carboxylic acids is 2. The standard InChI is InChI=1S/C17H22N6O3S/c1-10-4-3-5-11(8-10)14(24)20-12(6-7-27-2)15(25)26-9-13-21-16(18)23-17(19)22-13/h3-5,8,12H,6-7,9H2,1-2H3,(H,20,24)(H4,18,19,21,22,23)/t12-/m0/s1. The minimum atomic E-state index is -0.790. The molecular formula is C17H22N6O3S. The fraction of sp³-hybridized carbons (Fsp3) is 0.353. The zero-order valence-corrected chi connectivity index (χ0v) is 16.0. The third-order valence-corrected chi connectivity index (χ3v) is 4.18. The molecule has 0 unspecified atom stereocenters. The zero-order chi connectivity index (χ0) is 19.8. The van der Waals surface area contributed by atoms with Crippen molar-refractivity contribution in [2.75, 3.05) is 23.5 Å². The lowest BCUT2D eigenvalue weighted by molar-refractivity contribution is -0.147. The number of benzene rings is 1. The van der Waals surface area contributed by atoms with Crippen LogP contribution >= 0.6 is 11.8 Å². The van der Waals surface area contributed by atoms with Gasteiger partial charge in [-0.3, -0.25) is 4.79 Å². The van der Waals surface area contributed by atoms with E-state index in [1.807, 2.05) is 19.2 Å². The first-order valence-corrected chi connectivity index (χ1v) is 9.57. The summed E-state index contributed by atoms with van der Waals surface area (Å²) in [6.07, 6.45) is 2.35. The fourth-order valence-corrected chi connectivity index (χ4v) is 2.74. The lowest BCUT2D eigenvalue weighted by atomic mass is 10.1. The van der Waals surface area contributed by atoms with Crippen molar-refractivity contribution in [1.29, 1.82) is 0 Å². The zero-order valence-electron chi connectivity index (χ0n) is 15.1. The lowest BCUT2D eigenvalue weighted by Crippen LogP contribution is -2.42. The van der Waals surface area contributed by atoms with Gasteiger partial charge in [-0.05, 0) is 37.5 Å². The van der Waals surface area contributed by atoms with Gasteiger partial charge in [0.15, 0.2) is 12.4 Å². The van der Waals surface area contributed by atoms with Crippen LogP contribution in [0.4, 0.5) is 11.9 Å². The number of nitrogen functional groups attached to an aromatic ring is 2. The molecule has 1 atom stereocenters. The molecule has 5 N–H and O–H groups in total. The van der Waals surface area contributed by atoms with Crippen molar-refractivity contribution in [3.8, 4) is 0 Å². The number of nitrogens with zero attached hydrogens (tertiary/aromatic N) is 3. The molecule has 9 nitrogen and oxygen atoms in total. The Labute approximate surface area is 161 Å². The van der Waals surface area contributed by atoms with Gasteiger partial charge >= 0.3 is 5.97 Å². The highest BCUT2D eigenvalue weighted by atomic mass is 32.2. The second-order valence-electron chi connectivity index (χ2n) is 5.75. The quantitative estimate of drug-likeness (QED) is 0.560. The first kappa shape index (κ1) is 20.4. The van der Waals surface area contributed by atoms with E-state index in [4.69, 9.17) is 16.2 Å². The molecule has 0 aliphatic rings. The Hall–Kier alpha value is -2.88. The van der Waals surface area contributed by atoms with Crippen molar-refractivity contribution in [2.24, 2.45) is 0 Å². The number of carbonyl (C=O) groups is 2. The molecule has 2 rings (SSSR count). The second-order valence-corrected chi connectivity index (χ2v) is 6.74. The van der Waals surface area contributed by atoms with E-state index in [9.17, 15) is 9.59 Å². The van der Waals surface area contributed by atoms with Crippen LogP contribution in [0.5, 0.6) is 0 Å². The van der Waals surface area contributed by atoms with Crippen LogP contribution in [0, 0.1) is 6.92 Å². The van der Waals surface area contributed by atoms with Gasteiger partial charge < -0.3 is 21.5 Å². The second kappa shape index (κ2) is 9.72. The maximum Gasteiger partial charge on any atom is 0.329 e. The van der Waals surface area contributed by atoms with Gasteiger partial charge in [-0.2, -0.15) is 26.7 Å². The number of ether oxygens (including phenoxy) is 1. The minimum Gasteiger partial charge on any atom is -0.456 e. The Kier molecular flexibility index (Phi) is 7.35. The van der Waals surface area contributed by atoms with Gasteiger partial charge in [-0.25, -0.2) is 4.79 Å². The highest BCUT2D eigenvalue weighted by Crippen LogP contribution is 2.09. The fourth-order valence-electron chi connectivity index (χ4n) is 2.27. The average Bonchev–Trinajstić information content (AvgIpc) is 2.62. The van der Waals surface area contributed by atoms with Crippen LogP contribution in [0.1, 0.15) is 28.2 Å². The molecule has 10 heteroatoms. The molecule has 0 saturated heterocycles. The van der Waals surface area contributed by atoms with Crippen LogP contribution in [-0.4, -0.2) is 44.9 Å². The van der Waals surface area contributed by atoms with Crippen LogP contribution in [0.15, 0.2) is 24.3 Å². The van der Waals surface area contributed by atoms with Crippen molar-refractivity contribution >= 4 is 35.5 Å². The number of thioether (sulfide) groups is 1. The number of aryl methyl sites for hydroxylation is 1. The molecule has 1 aromatic carbocycles. The van der Waals surface area contributed by atoms with E-state index in [0.29, 0.717) is 17.7 Å². The van der Waals surface area contributed by atoms with Gasteiger partial charge in [0, 0.05) is 5.56 Å². The van der Waals surface area contributed by atoms with Crippen molar-refractivity contribution in [1.82, 2.24) is 20.3 Å². The summed E-state index contributed by atoms with van der Waals surface area (Å²) in [6.45, 7) is 1.67. The minimum absolute atomic E-state index is 0.0553. The van der Waals surface area contributed by atoms with E-state index >= 15 is 0 Å². The molecule has 2 aromatic rings. The van der Waals surface area contributed by atoms with Crippen molar-refractivity contribution in [2.45, 2.75) is 26.0 Å². The Morgan fingerprint density at radius 3 is 2.56 bits per heavy atom. The molecule has 1 aromatic heterocycles. The Morgan fingerprint density at radius 2 is 1.93 bits per heavy atom. The Bertz CT molecular complexity index is 797. The van der Waals surface area contributed by atoms with Gasteiger partial charge in [0.1, 0.15) is 6.04 Å². The Balaban J connectivity index is 2.03. The summed E-state index contributed by atoms with van der Waals surface area (Å²) in [6, 6.07) is 6.33. The third-order valence-electron chi connectivity index (χ3n) is 3.54. The smallest absolute Gasteiger partial charge is 0.329 e. The van der Waals surface area contributed by atoms with Gasteiger partial charge in [0.05, 0.1) is 0 Å². The predicted octanol–water partition coefficient (Wildman–Crippen LogP) is 0.939.